The summed E-state index contributed by atoms with van der Waals surface area (Å²) < 4.78 is 28.7. The number of aromatic nitrogens is 1. The number of piperidine rings is 1. The molecule has 1 aromatic heterocycles. The molecule has 4 amide bonds. The minimum absolute atomic E-state index is 0.0165. The lowest BCUT2D eigenvalue weighted by Crippen LogP contribution is -2.56. The number of nitrogens with two attached hydrogens (primary N) is 2. The zero-order chi connectivity index (χ0) is 28.1. The number of hydrogen-bond donors (Lipinski definition) is 4. The number of halogens is 3. The molecule has 12 heteroatoms. The summed E-state index contributed by atoms with van der Waals surface area (Å²) in [6.07, 6.45) is 0.388. The average Bonchev–Trinajstić information content (AvgIpc) is 3.46. The lowest BCUT2D eigenvalue weighted by Gasteiger charge is -2.46. The van der Waals surface area contributed by atoms with Crippen molar-refractivity contribution in [3.05, 3.63) is 35.0 Å². The smallest absolute Gasteiger partial charge is 0.271 e. The molecule has 3 heterocycles. The monoisotopic (exact) mass is 563 g/mol. The summed E-state index contributed by atoms with van der Waals surface area (Å²) in [5, 5.41) is 3.84. The Hall–Kier alpha value is -3.21. The fourth-order valence-corrected chi connectivity index (χ4v) is 7.20. The maximum absolute atomic E-state index is 14.3. The Bertz CT molecular complexity index is 1320. The average molecular weight is 564 g/mol. The second-order valence-electron chi connectivity index (χ2n) is 11.3. The summed E-state index contributed by atoms with van der Waals surface area (Å²) in [7, 11) is 0. The van der Waals surface area contributed by atoms with Gasteiger partial charge in [0.1, 0.15) is 11.7 Å². The molecule has 1 spiro atoms. The zero-order valence-corrected chi connectivity index (χ0v) is 22.1. The van der Waals surface area contributed by atoms with E-state index < -0.39 is 65.8 Å². The number of para-hydroxylation sites is 1. The second-order valence-corrected chi connectivity index (χ2v) is 11.7. The Kier molecular flexibility index (Phi) is 7.07. The summed E-state index contributed by atoms with van der Waals surface area (Å²) >= 11 is 6.30. The van der Waals surface area contributed by atoms with Gasteiger partial charge in [0.15, 0.2) is 0 Å². The van der Waals surface area contributed by atoms with Gasteiger partial charge in [0, 0.05) is 30.7 Å². The molecule has 5 rings (SSSR count). The van der Waals surface area contributed by atoms with E-state index >= 15 is 0 Å². The minimum Gasteiger partial charge on any atom is -0.369 e. The minimum atomic E-state index is -2.89. The predicted octanol–water partition coefficient (Wildman–Crippen LogP) is 3.10. The normalized spacial score (nSPS) is 26.9. The van der Waals surface area contributed by atoms with E-state index in [1.807, 2.05) is 0 Å². The van der Waals surface area contributed by atoms with E-state index in [9.17, 15) is 28.0 Å². The summed E-state index contributed by atoms with van der Waals surface area (Å²) in [5.41, 5.74) is 11.4. The van der Waals surface area contributed by atoms with Gasteiger partial charge in [-0.25, -0.2) is 8.78 Å². The van der Waals surface area contributed by atoms with Crippen LogP contribution in [0.25, 0.3) is 10.9 Å². The van der Waals surface area contributed by atoms with E-state index in [0.717, 1.165) is 0 Å². The number of primary amides is 2. The fraction of sp³-hybridized carbons (Fsp3) is 0.556. The van der Waals surface area contributed by atoms with Crippen LogP contribution in [0, 0.1) is 17.3 Å². The Morgan fingerprint density at radius 3 is 2.49 bits per heavy atom. The molecule has 210 valence electrons. The molecule has 0 bridgehead atoms. The molecule has 2 unspecified atom stereocenters. The number of nitrogens with one attached hydrogen (secondary N) is 2. The number of fused-ring (bicyclic) bond motifs is 1. The van der Waals surface area contributed by atoms with Crippen molar-refractivity contribution < 1.29 is 28.0 Å². The zero-order valence-electron chi connectivity index (χ0n) is 21.4. The first-order valence-corrected chi connectivity index (χ1v) is 13.6. The number of aromatic amines is 1. The highest BCUT2D eigenvalue weighted by molar-refractivity contribution is 6.35. The number of carbonyl (C=O) groups excluding carboxylic acids is 4. The van der Waals surface area contributed by atoms with Crippen LogP contribution in [0.1, 0.15) is 61.9 Å². The molecule has 39 heavy (non-hydrogen) atoms. The number of benzene rings is 1. The summed E-state index contributed by atoms with van der Waals surface area (Å²) in [5.74, 6) is -6.85. The van der Waals surface area contributed by atoms with Crippen LogP contribution < -0.4 is 16.8 Å². The molecule has 4 atom stereocenters. The molecule has 9 nitrogen and oxygen atoms in total. The largest absolute Gasteiger partial charge is 0.369 e. The standard InChI is InChI=1S/C27H32ClF2N5O4/c28-17-5-1-3-14-12-18(34-20(14)17)25(39)35-19(23(32)37)13-26(6-8-27(29,30)9-7-26)21(35)16(22(31)36)11-15-4-2-10-33-24(15)38/h1,3,5,12,15-16,19,21,34H,2,4,6-11,13H2,(H2,31,36)(H2,32,37)(H,33,38)/t15-,16-,19?,21?/m0/s1. The molecule has 0 radical (unpaired) electrons. The van der Waals surface area contributed by atoms with Crippen molar-refractivity contribution in [1.82, 2.24) is 15.2 Å². The fourth-order valence-electron chi connectivity index (χ4n) is 6.97. The highest BCUT2D eigenvalue weighted by Crippen LogP contribution is 2.56. The van der Waals surface area contributed by atoms with Crippen molar-refractivity contribution >= 4 is 46.1 Å². The number of carbonyl (C=O) groups is 4. The molecule has 1 aliphatic carbocycles. The van der Waals surface area contributed by atoms with Crippen molar-refractivity contribution in [2.45, 2.75) is 69.4 Å². The topological polar surface area (TPSA) is 151 Å². The second kappa shape index (κ2) is 10.1. The molecule has 2 aromatic rings. The molecular formula is C27H32ClF2N5O4. The Morgan fingerprint density at radius 1 is 1.15 bits per heavy atom. The number of amides is 4. The van der Waals surface area contributed by atoms with E-state index in [2.05, 4.69) is 10.3 Å². The number of alkyl halides is 2. The number of rotatable bonds is 6. The van der Waals surface area contributed by atoms with E-state index in [1.54, 1.807) is 24.3 Å². The highest BCUT2D eigenvalue weighted by Gasteiger charge is 2.61. The van der Waals surface area contributed by atoms with Crippen LogP contribution in [-0.2, 0) is 14.4 Å². The van der Waals surface area contributed by atoms with Gasteiger partial charge in [0.2, 0.25) is 23.6 Å². The Balaban J connectivity index is 1.61. The van der Waals surface area contributed by atoms with Gasteiger partial charge in [-0.2, -0.15) is 0 Å². The predicted molar refractivity (Wildman–Crippen MR) is 140 cm³/mol. The molecular weight excluding hydrogens is 532 g/mol. The lowest BCUT2D eigenvalue weighted by atomic mass is 9.63. The highest BCUT2D eigenvalue weighted by atomic mass is 35.5. The molecule has 2 aliphatic heterocycles. The van der Waals surface area contributed by atoms with Crippen molar-refractivity contribution in [2.75, 3.05) is 6.54 Å². The summed E-state index contributed by atoms with van der Waals surface area (Å²) in [6, 6.07) is 4.61. The maximum Gasteiger partial charge on any atom is 0.271 e. The third kappa shape index (κ3) is 4.97. The summed E-state index contributed by atoms with van der Waals surface area (Å²) in [4.78, 5) is 56.9. The SMILES string of the molecule is NC(=O)C1CC2(CCC(F)(F)CC2)C([C@H](C[C@@H]2CCCNC2=O)C(N)=O)N1C(=O)c1cc2cccc(Cl)c2[nH]1. The van der Waals surface area contributed by atoms with Crippen LogP contribution >= 0.6 is 11.6 Å². The molecule has 3 fully saturated rings. The first-order chi connectivity index (χ1) is 18.4. The Morgan fingerprint density at radius 2 is 1.87 bits per heavy atom. The van der Waals surface area contributed by atoms with Crippen LogP contribution in [0.3, 0.4) is 0 Å². The van der Waals surface area contributed by atoms with Gasteiger partial charge >= 0.3 is 0 Å². The van der Waals surface area contributed by atoms with Gasteiger partial charge in [-0.1, -0.05) is 23.7 Å². The lowest BCUT2D eigenvalue weighted by molar-refractivity contribution is -0.132. The van der Waals surface area contributed by atoms with Gasteiger partial charge < -0.3 is 26.7 Å². The van der Waals surface area contributed by atoms with Crippen LogP contribution in [0.5, 0.6) is 0 Å². The number of H-pyrrole nitrogens is 1. The quantitative estimate of drug-likeness (QED) is 0.427. The maximum atomic E-state index is 14.3. The van der Waals surface area contributed by atoms with E-state index in [4.69, 9.17) is 23.1 Å². The van der Waals surface area contributed by atoms with E-state index in [-0.39, 0.29) is 37.3 Å². The molecule has 1 saturated carbocycles. The van der Waals surface area contributed by atoms with Gasteiger partial charge in [-0.05, 0) is 56.1 Å². The molecule has 1 aromatic carbocycles. The first kappa shape index (κ1) is 27.4. The molecule has 6 N–H and O–H groups in total. The van der Waals surface area contributed by atoms with Gasteiger partial charge in [-0.3, -0.25) is 19.2 Å². The Labute approximate surface area is 229 Å². The van der Waals surface area contributed by atoms with E-state index in [0.29, 0.717) is 35.3 Å². The summed E-state index contributed by atoms with van der Waals surface area (Å²) in [6.45, 7) is 0.524. The van der Waals surface area contributed by atoms with Crippen molar-refractivity contribution in [1.29, 1.82) is 0 Å². The van der Waals surface area contributed by atoms with Crippen LogP contribution in [0.15, 0.2) is 24.3 Å². The number of nitrogens with zero attached hydrogens (tertiary/aromatic N) is 1. The third-order valence-corrected chi connectivity index (χ3v) is 9.24. The number of hydrogen-bond acceptors (Lipinski definition) is 4. The third-order valence-electron chi connectivity index (χ3n) is 8.92. The van der Waals surface area contributed by atoms with Crippen molar-refractivity contribution in [2.24, 2.45) is 28.7 Å². The molecule has 2 saturated heterocycles. The van der Waals surface area contributed by atoms with Gasteiger partial charge in [0.25, 0.3) is 5.91 Å². The number of likely N-dealkylation sites (tertiary alicyclic amines) is 1. The van der Waals surface area contributed by atoms with Gasteiger partial charge in [-0.15, -0.1) is 0 Å². The van der Waals surface area contributed by atoms with Crippen molar-refractivity contribution in [3.63, 3.8) is 0 Å². The van der Waals surface area contributed by atoms with Crippen LogP contribution in [0.2, 0.25) is 5.02 Å². The molecule has 3 aliphatic rings. The van der Waals surface area contributed by atoms with Crippen molar-refractivity contribution in [3.8, 4) is 0 Å². The van der Waals surface area contributed by atoms with E-state index in [1.165, 1.54) is 4.90 Å². The first-order valence-electron chi connectivity index (χ1n) is 13.3. The van der Waals surface area contributed by atoms with Crippen LogP contribution in [0.4, 0.5) is 8.78 Å². The van der Waals surface area contributed by atoms with Gasteiger partial charge in [0.05, 0.1) is 22.5 Å². The van der Waals surface area contributed by atoms with Crippen LogP contribution in [-0.4, -0.2) is 58.1 Å².